The van der Waals surface area contributed by atoms with Crippen molar-refractivity contribution >= 4 is 46.3 Å². The number of carbonyl (C=O) groups excluding carboxylic acids is 1. The van der Waals surface area contributed by atoms with E-state index >= 15 is 0 Å². The molecule has 8 heteroatoms. The summed E-state index contributed by atoms with van der Waals surface area (Å²) in [6.07, 6.45) is 5.25. The van der Waals surface area contributed by atoms with Crippen LogP contribution < -0.4 is 11.1 Å². The van der Waals surface area contributed by atoms with Crippen molar-refractivity contribution in [1.29, 1.82) is 0 Å². The van der Waals surface area contributed by atoms with E-state index in [4.69, 9.17) is 34.1 Å². The highest BCUT2D eigenvalue weighted by atomic mass is 35.5. The van der Waals surface area contributed by atoms with Crippen molar-refractivity contribution in [3.8, 4) is 0 Å². The second-order valence-electron chi connectivity index (χ2n) is 5.17. The Morgan fingerprint density at radius 2 is 1.95 bits per heavy atom. The lowest BCUT2D eigenvalue weighted by atomic mass is 9.88. The Kier molecular flexibility index (Phi) is 5.35. The van der Waals surface area contributed by atoms with Gasteiger partial charge < -0.3 is 16.3 Å². The summed E-state index contributed by atoms with van der Waals surface area (Å²) in [6.45, 7) is 0. The molecule has 1 aromatic rings. The van der Waals surface area contributed by atoms with Gasteiger partial charge in [-0.1, -0.05) is 54.0 Å². The second-order valence-corrected chi connectivity index (χ2v) is 7.46. The molecule has 0 aromatic carbocycles. The van der Waals surface area contributed by atoms with Gasteiger partial charge in [-0.2, -0.15) is 0 Å². The van der Waals surface area contributed by atoms with Crippen LogP contribution in [-0.4, -0.2) is 22.5 Å². The lowest BCUT2D eigenvalue weighted by molar-refractivity contribution is 0.0916. The van der Waals surface area contributed by atoms with E-state index in [1.807, 2.05) is 0 Å². The van der Waals surface area contributed by atoms with Crippen molar-refractivity contribution in [1.82, 2.24) is 5.32 Å². The van der Waals surface area contributed by atoms with Gasteiger partial charge in [0.1, 0.15) is 9.88 Å². The van der Waals surface area contributed by atoms with Gasteiger partial charge in [-0.15, -0.1) is 11.3 Å². The molecule has 5 nitrogen and oxygen atoms in total. The van der Waals surface area contributed by atoms with Crippen LogP contribution in [0.5, 0.6) is 0 Å². The summed E-state index contributed by atoms with van der Waals surface area (Å²) in [6, 6.07) is 1.53. The maximum Gasteiger partial charge on any atom is 0.254 e. The molecular formula is C13H17Cl2N3O2S. The topological polar surface area (TPSA) is 87.7 Å². The lowest BCUT2D eigenvalue weighted by Gasteiger charge is -2.32. The molecule has 1 aromatic heterocycles. The largest absolute Gasteiger partial charge is 0.409 e. The van der Waals surface area contributed by atoms with Gasteiger partial charge in [-0.3, -0.25) is 4.79 Å². The maximum absolute atomic E-state index is 12.4. The highest BCUT2D eigenvalue weighted by molar-refractivity contribution is 7.20. The molecule has 21 heavy (non-hydrogen) atoms. The molecule has 116 valence electrons. The first-order chi connectivity index (χ1) is 9.98. The Labute approximate surface area is 137 Å². The summed E-state index contributed by atoms with van der Waals surface area (Å²) < 4.78 is 0.782. The molecule has 1 heterocycles. The van der Waals surface area contributed by atoms with Gasteiger partial charge in [-0.25, -0.2) is 0 Å². The molecule has 0 saturated heterocycles. The number of hydrogen-bond acceptors (Lipinski definition) is 4. The van der Waals surface area contributed by atoms with Crippen molar-refractivity contribution < 1.29 is 10.0 Å². The zero-order chi connectivity index (χ0) is 15.5. The smallest absolute Gasteiger partial charge is 0.254 e. The summed E-state index contributed by atoms with van der Waals surface area (Å²) in [5.41, 5.74) is 5.35. The SMILES string of the molecule is N/C(=N/O)C1(NC(=O)c2cc(Cl)sc2Cl)CCCCCC1. The number of nitrogens with one attached hydrogen (secondary N) is 1. The van der Waals surface area contributed by atoms with Gasteiger partial charge in [0.05, 0.1) is 9.90 Å². The van der Waals surface area contributed by atoms with E-state index in [2.05, 4.69) is 10.5 Å². The van der Waals surface area contributed by atoms with Crippen molar-refractivity contribution in [3.05, 3.63) is 20.3 Å². The van der Waals surface area contributed by atoms with Gasteiger partial charge in [0.25, 0.3) is 5.91 Å². The van der Waals surface area contributed by atoms with Crippen LogP contribution in [-0.2, 0) is 0 Å². The van der Waals surface area contributed by atoms with E-state index in [9.17, 15) is 4.79 Å². The van der Waals surface area contributed by atoms with Crippen LogP contribution in [0.25, 0.3) is 0 Å². The minimum atomic E-state index is -0.819. The third-order valence-electron chi connectivity index (χ3n) is 3.81. The molecule has 0 radical (unpaired) electrons. The second kappa shape index (κ2) is 6.85. The molecule has 1 saturated carbocycles. The van der Waals surface area contributed by atoms with E-state index in [0.29, 0.717) is 27.1 Å². The first-order valence-electron chi connectivity index (χ1n) is 6.74. The number of amides is 1. The van der Waals surface area contributed by atoms with E-state index in [0.717, 1.165) is 37.0 Å². The molecule has 0 unspecified atom stereocenters. The van der Waals surface area contributed by atoms with Gasteiger partial charge >= 0.3 is 0 Å². The predicted molar refractivity (Wildman–Crippen MR) is 85.6 cm³/mol. The average Bonchev–Trinajstić information content (AvgIpc) is 2.66. The minimum absolute atomic E-state index is 0.0372. The van der Waals surface area contributed by atoms with E-state index in [1.165, 1.54) is 6.07 Å². The molecule has 0 bridgehead atoms. The molecule has 0 spiro atoms. The third kappa shape index (κ3) is 3.62. The highest BCUT2D eigenvalue weighted by Gasteiger charge is 2.37. The number of halogens is 2. The van der Waals surface area contributed by atoms with Gasteiger partial charge in [0, 0.05) is 0 Å². The summed E-state index contributed by atoms with van der Waals surface area (Å²) in [5, 5.41) is 15.1. The number of oxime groups is 1. The van der Waals surface area contributed by atoms with Crippen LogP contribution in [0.2, 0.25) is 8.67 Å². The van der Waals surface area contributed by atoms with E-state index in [1.54, 1.807) is 0 Å². The van der Waals surface area contributed by atoms with E-state index in [-0.39, 0.29) is 11.7 Å². The summed E-state index contributed by atoms with van der Waals surface area (Å²) in [5.74, 6) is -0.313. The maximum atomic E-state index is 12.4. The number of amidine groups is 1. The van der Waals surface area contributed by atoms with Crippen molar-refractivity contribution in [2.75, 3.05) is 0 Å². The highest BCUT2D eigenvalue weighted by Crippen LogP contribution is 2.33. The van der Waals surface area contributed by atoms with Crippen molar-refractivity contribution in [3.63, 3.8) is 0 Å². The number of carbonyl (C=O) groups is 1. The molecule has 1 aliphatic carbocycles. The predicted octanol–water partition coefficient (Wildman–Crippen LogP) is 3.62. The Bertz CT molecular complexity index is 552. The molecule has 1 fully saturated rings. The monoisotopic (exact) mass is 349 g/mol. The molecule has 0 atom stereocenters. The summed E-state index contributed by atoms with van der Waals surface area (Å²) >= 11 is 13.0. The minimum Gasteiger partial charge on any atom is -0.409 e. The average molecular weight is 350 g/mol. The normalized spacial score (nSPS) is 19.0. The van der Waals surface area contributed by atoms with Crippen LogP contribution in [0.15, 0.2) is 11.2 Å². The molecule has 4 N–H and O–H groups in total. The van der Waals surface area contributed by atoms with Crippen LogP contribution in [0.3, 0.4) is 0 Å². The van der Waals surface area contributed by atoms with Crippen LogP contribution >= 0.6 is 34.5 Å². The zero-order valence-corrected chi connectivity index (χ0v) is 13.7. The van der Waals surface area contributed by atoms with Gasteiger partial charge in [0.15, 0.2) is 5.84 Å². The van der Waals surface area contributed by atoms with Crippen LogP contribution in [0.4, 0.5) is 0 Å². The van der Waals surface area contributed by atoms with E-state index < -0.39 is 5.54 Å². The zero-order valence-electron chi connectivity index (χ0n) is 11.4. The Morgan fingerprint density at radius 1 is 1.33 bits per heavy atom. The fourth-order valence-corrected chi connectivity index (χ4v) is 4.11. The number of nitrogens with zero attached hydrogens (tertiary/aromatic N) is 1. The summed E-state index contributed by atoms with van der Waals surface area (Å²) in [7, 11) is 0. The van der Waals surface area contributed by atoms with Crippen molar-refractivity contribution in [2.45, 2.75) is 44.1 Å². The van der Waals surface area contributed by atoms with Crippen LogP contribution in [0.1, 0.15) is 48.9 Å². The number of nitrogens with two attached hydrogens (primary N) is 1. The molecule has 2 rings (SSSR count). The number of rotatable bonds is 3. The number of hydrogen-bond donors (Lipinski definition) is 3. The Morgan fingerprint density at radius 3 is 2.43 bits per heavy atom. The fourth-order valence-electron chi connectivity index (χ4n) is 2.65. The Hall–Kier alpha value is -0.980. The molecule has 1 amide bonds. The lowest BCUT2D eigenvalue weighted by Crippen LogP contribution is -2.57. The quantitative estimate of drug-likeness (QED) is 0.256. The molecule has 0 aliphatic heterocycles. The third-order valence-corrected chi connectivity index (χ3v) is 5.30. The first-order valence-corrected chi connectivity index (χ1v) is 8.31. The first kappa shape index (κ1) is 16.4. The number of thiophene rings is 1. The van der Waals surface area contributed by atoms with Gasteiger partial charge in [0.2, 0.25) is 0 Å². The Balaban J connectivity index is 2.26. The molecular weight excluding hydrogens is 333 g/mol. The van der Waals surface area contributed by atoms with Gasteiger partial charge in [-0.05, 0) is 18.9 Å². The standard InChI is InChI=1S/C13H17Cl2N3O2S/c14-9-7-8(10(15)21-9)11(19)17-13(12(16)18-20)5-3-1-2-4-6-13/h7,20H,1-6H2,(H2,16,18)(H,17,19). The van der Waals surface area contributed by atoms with Crippen LogP contribution in [0, 0.1) is 0 Å². The fraction of sp³-hybridized carbons (Fsp3) is 0.538. The summed E-state index contributed by atoms with van der Waals surface area (Å²) in [4.78, 5) is 12.4. The molecule has 1 aliphatic rings. The van der Waals surface area contributed by atoms with Crippen molar-refractivity contribution in [2.24, 2.45) is 10.9 Å².